The van der Waals surface area contributed by atoms with Crippen LogP contribution >= 0.6 is 0 Å². The van der Waals surface area contributed by atoms with E-state index in [0.29, 0.717) is 5.92 Å². The second kappa shape index (κ2) is 13.9. The molecule has 0 fully saturated rings. The lowest BCUT2D eigenvalue weighted by atomic mass is 9.82. The first-order valence-electron chi connectivity index (χ1n) is 22.6. The molecule has 2 unspecified atom stereocenters. The van der Waals surface area contributed by atoms with E-state index >= 15 is 0 Å². The van der Waals surface area contributed by atoms with Crippen LogP contribution in [0.5, 0.6) is 0 Å². The Bertz CT molecular complexity index is 3210. The van der Waals surface area contributed by atoms with E-state index in [0.717, 1.165) is 37.6 Å². The number of benzene rings is 5. The number of aryl methyl sites for hydroxylation is 2. The molecule has 4 heteroatoms. The predicted octanol–water partition coefficient (Wildman–Crippen LogP) is 11.8. The summed E-state index contributed by atoms with van der Waals surface area (Å²) >= 11 is 0. The molecule has 3 aliphatic heterocycles. The summed E-state index contributed by atoms with van der Waals surface area (Å²) in [4.78, 5) is 2.65. The summed E-state index contributed by atoms with van der Waals surface area (Å²) in [6.45, 7) is 6.87. The van der Waals surface area contributed by atoms with Crippen LogP contribution in [-0.2, 0) is 19.3 Å². The molecule has 0 amide bonds. The van der Waals surface area contributed by atoms with E-state index in [-0.39, 0.29) is 6.04 Å². The van der Waals surface area contributed by atoms with E-state index in [9.17, 15) is 0 Å². The van der Waals surface area contributed by atoms with Crippen LogP contribution in [0.25, 0.3) is 67.6 Å². The van der Waals surface area contributed by atoms with Crippen LogP contribution in [0.4, 0.5) is 11.4 Å². The van der Waals surface area contributed by atoms with Crippen LogP contribution < -0.4 is 20.3 Å². The standard InChI is InChI=1S/C56H51N4/c1-4-7-11-36-15-20-39(21-16-36)58-53-30-35(6-3)17-23-42(53)49-33-46-41-13-9-10-14-50(41)60-52-26-22-40(32-48(52)43-24-19-38(31-54(43)60)45(46)34-55(49)58)59-51-25-18-37(12-8-5-2)29-47(51)44-27-28-57-56(44)59/h9-10,13-29,32-35,54H,4-8,11-12,30-31H2,1-3H3/q+1. The Labute approximate surface area is 352 Å². The van der Waals surface area contributed by atoms with Gasteiger partial charge in [-0.2, -0.15) is 4.57 Å². The van der Waals surface area contributed by atoms with Gasteiger partial charge in [0.2, 0.25) is 0 Å². The highest BCUT2D eigenvalue weighted by molar-refractivity contribution is 6.07. The topological polar surface area (TPSA) is 27.2 Å². The van der Waals surface area contributed by atoms with Crippen LogP contribution in [0.3, 0.4) is 0 Å². The van der Waals surface area contributed by atoms with Crippen molar-refractivity contribution in [3.05, 3.63) is 160 Å². The van der Waals surface area contributed by atoms with Crippen molar-refractivity contribution in [3.8, 4) is 22.5 Å². The average molecular weight is 780 g/mol. The maximum atomic E-state index is 4.93. The zero-order valence-corrected chi connectivity index (χ0v) is 35.0. The summed E-state index contributed by atoms with van der Waals surface area (Å²) in [6.07, 6.45) is 24.2. The first-order valence-corrected chi connectivity index (χ1v) is 22.6. The SMILES string of the molecule is CCCCc1ccc(-n2c3c(c4cc5c(cc42)C2=CC=C4c6cc(-n7c8c(c9cc(CCCC)ccc97)=CC=[N+]=8)ccc6N(c6ccccc6-5)C4C2)C=CC(CC)C3)cc1. The molecule has 4 nitrogen and oxygen atoms in total. The second-order valence-electron chi connectivity index (χ2n) is 17.7. The third-order valence-corrected chi connectivity index (χ3v) is 14.2. The Morgan fingerprint density at radius 2 is 1.43 bits per heavy atom. The maximum Gasteiger partial charge on any atom is 0.388 e. The summed E-state index contributed by atoms with van der Waals surface area (Å²) in [5.74, 6) is 0.551. The first-order chi connectivity index (χ1) is 29.6. The Balaban J connectivity index is 1.03. The smallest absolute Gasteiger partial charge is 0.332 e. The number of rotatable bonds is 9. The molecule has 7 aromatic rings. The molecule has 2 aromatic heterocycles. The minimum atomic E-state index is 0.212. The number of para-hydroxylation sites is 1. The number of fused-ring (bicyclic) bond motifs is 15. The Morgan fingerprint density at radius 3 is 2.28 bits per heavy atom. The van der Waals surface area contributed by atoms with Crippen molar-refractivity contribution in [1.29, 1.82) is 0 Å². The normalized spacial score (nSPS) is 17.6. The van der Waals surface area contributed by atoms with Crippen LogP contribution in [0.2, 0.25) is 0 Å². The van der Waals surface area contributed by atoms with Crippen LogP contribution in [0.1, 0.15) is 92.8 Å². The Morgan fingerprint density at radius 1 is 0.633 bits per heavy atom. The lowest BCUT2D eigenvalue weighted by molar-refractivity contribution is 0.605. The van der Waals surface area contributed by atoms with E-state index in [1.807, 2.05) is 6.21 Å². The van der Waals surface area contributed by atoms with Crippen LogP contribution in [0.15, 0.2) is 115 Å². The van der Waals surface area contributed by atoms with Crippen molar-refractivity contribution in [3.63, 3.8) is 0 Å². The summed E-state index contributed by atoms with van der Waals surface area (Å²) in [7, 11) is 0. The van der Waals surface area contributed by atoms with Gasteiger partial charge in [0, 0.05) is 56.3 Å². The molecule has 2 bridgehead atoms. The lowest BCUT2D eigenvalue weighted by Gasteiger charge is -2.35. The zero-order chi connectivity index (χ0) is 40.1. The number of unbranched alkanes of at least 4 members (excludes halogenated alkanes) is 2. The molecule has 0 N–H and O–H groups in total. The summed E-state index contributed by atoms with van der Waals surface area (Å²) in [5.41, 5.74) is 22.4. The molecule has 2 aliphatic carbocycles. The fraction of sp³-hybridized carbons (Fsp3) is 0.250. The minimum absolute atomic E-state index is 0.212. The number of nitrogens with zero attached hydrogens (tertiary/aromatic N) is 4. The zero-order valence-electron chi connectivity index (χ0n) is 35.0. The monoisotopic (exact) mass is 779 g/mol. The number of anilines is 2. The van der Waals surface area contributed by atoms with Crippen LogP contribution in [-0.4, -0.2) is 21.4 Å². The van der Waals surface area contributed by atoms with E-state index in [1.165, 1.54) is 131 Å². The van der Waals surface area contributed by atoms with E-state index in [1.54, 1.807) is 0 Å². The molecule has 2 atom stereocenters. The number of aromatic nitrogens is 2. The van der Waals surface area contributed by atoms with E-state index in [2.05, 4.69) is 162 Å². The average Bonchev–Trinajstić information content (AvgIpc) is 4.05. The van der Waals surface area contributed by atoms with Gasteiger partial charge in [-0.3, -0.25) is 0 Å². The molecule has 0 spiro atoms. The van der Waals surface area contributed by atoms with Gasteiger partial charge in [-0.15, -0.1) is 0 Å². The van der Waals surface area contributed by atoms with E-state index < -0.39 is 0 Å². The van der Waals surface area contributed by atoms with Crippen molar-refractivity contribution in [2.45, 2.75) is 84.6 Å². The molecule has 0 saturated carbocycles. The Hall–Kier alpha value is -6.35. The molecule has 294 valence electrons. The van der Waals surface area contributed by atoms with Gasteiger partial charge in [0.25, 0.3) is 0 Å². The largest absolute Gasteiger partial charge is 0.388 e. The van der Waals surface area contributed by atoms with Gasteiger partial charge < -0.3 is 9.47 Å². The molecule has 0 radical (unpaired) electrons. The summed E-state index contributed by atoms with van der Waals surface area (Å²) in [5, 5.41) is 3.88. The van der Waals surface area contributed by atoms with Gasteiger partial charge in [-0.05, 0) is 145 Å². The summed E-state index contributed by atoms with van der Waals surface area (Å²) in [6, 6.07) is 38.1. The fourth-order valence-electron chi connectivity index (χ4n) is 11.1. The fourth-order valence-corrected chi connectivity index (χ4v) is 11.1. The second-order valence-corrected chi connectivity index (χ2v) is 17.7. The molecule has 5 aromatic carbocycles. The van der Waals surface area contributed by atoms with Crippen molar-refractivity contribution in [1.82, 2.24) is 13.8 Å². The van der Waals surface area contributed by atoms with Gasteiger partial charge in [0.05, 0.1) is 16.8 Å². The highest BCUT2D eigenvalue weighted by Crippen LogP contribution is 2.55. The summed E-state index contributed by atoms with van der Waals surface area (Å²) < 4.78 is 9.92. The van der Waals surface area contributed by atoms with Crippen molar-refractivity contribution >= 4 is 62.7 Å². The van der Waals surface area contributed by atoms with Gasteiger partial charge in [0.15, 0.2) is 6.21 Å². The molecule has 5 heterocycles. The quantitative estimate of drug-likeness (QED) is 0.134. The van der Waals surface area contributed by atoms with Gasteiger partial charge in [-0.25, -0.2) is 4.67 Å². The van der Waals surface area contributed by atoms with Crippen molar-refractivity contribution < 1.29 is 0 Å². The predicted molar refractivity (Wildman–Crippen MR) is 253 cm³/mol. The Kier molecular flexibility index (Phi) is 8.22. The first kappa shape index (κ1) is 35.6. The van der Waals surface area contributed by atoms with Crippen LogP contribution in [0, 0.1) is 5.92 Å². The number of hydrogen-bond acceptors (Lipinski definition) is 1. The minimum Gasteiger partial charge on any atom is -0.332 e. The van der Waals surface area contributed by atoms with Crippen molar-refractivity contribution in [2.24, 2.45) is 5.92 Å². The molecular weight excluding hydrogens is 729 g/mol. The highest BCUT2D eigenvalue weighted by atomic mass is 15.2. The van der Waals surface area contributed by atoms with Gasteiger partial charge in [0.1, 0.15) is 11.2 Å². The maximum absolute atomic E-state index is 4.93. The number of allylic oxidation sites excluding steroid dienone is 3. The highest BCUT2D eigenvalue weighted by Gasteiger charge is 2.41. The third-order valence-electron chi connectivity index (χ3n) is 14.2. The molecule has 5 aliphatic rings. The molecule has 0 saturated heterocycles. The number of hydrogen-bond donors (Lipinski definition) is 0. The third kappa shape index (κ3) is 5.26. The lowest BCUT2D eigenvalue weighted by Crippen LogP contribution is -2.29. The molecule has 12 rings (SSSR count). The van der Waals surface area contributed by atoms with Crippen molar-refractivity contribution in [2.75, 3.05) is 4.90 Å². The van der Waals surface area contributed by atoms with E-state index in [4.69, 9.17) is 4.67 Å². The molecular formula is C56H51N4+. The van der Waals surface area contributed by atoms with Gasteiger partial charge >= 0.3 is 5.49 Å². The van der Waals surface area contributed by atoms with Gasteiger partial charge in [-0.1, -0.05) is 94.3 Å². The molecule has 60 heavy (non-hydrogen) atoms.